The van der Waals surface area contributed by atoms with Gasteiger partial charge in [-0.05, 0) is 23.7 Å². The van der Waals surface area contributed by atoms with E-state index in [1.807, 2.05) is 0 Å². The first-order valence-electron chi connectivity index (χ1n) is 11.7. The zero-order chi connectivity index (χ0) is 23.7. The highest BCUT2D eigenvalue weighted by Crippen LogP contribution is 2.33. The summed E-state index contributed by atoms with van der Waals surface area (Å²) in [5.74, 6) is 2.06. The van der Waals surface area contributed by atoms with Gasteiger partial charge in [-0.3, -0.25) is 4.79 Å². The summed E-state index contributed by atoms with van der Waals surface area (Å²) in [7, 11) is 2.41. The average molecular weight is 450 g/mol. The van der Waals surface area contributed by atoms with E-state index in [2.05, 4.69) is 123 Å². The molecule has 3 rings (SSSR count). The van der Waals surface area contributed by atoms with Gasteiger partial charge in [0.05, 0.1) is 0 Å². The van der Waals surface area contributed by atoms with Crippen LogP contribution in [0.3, 0.4) is 0 Å². The number of benzene rings is 2. The van der Waals surface area contributed by atoms with Gasteiger partial charge in [0.1, 0.15) is 23.8 Å². The molecule has 32 heavy (non-hydrogen) atoms. The van der Waals surface area contributed by atoms with Crippen LogP contribution in [0.2, 0.25) is 0 Å². The summed E-state index contributed by atoms with van der Waals surface area (Å²) in [6.07, 6.45) is 4.12. The molecule has 1 heterocycles. The second-order valence-electron chi connectivity index (χ2n) is 9.91. The Balaban J connectivity index is 2.43. The molecule has 0 aliphatic heterocycles. The van der Waals surface area contributed by atoms with Crippen LogP contribution in [0.1, 0.15) is 112 Å². The lowest BCUT2D eigenvalue weighted by atomic mass is 9.92. The van der Waals surface area contributed by atoms with Crippen molar-refractivity contribution in [2.45, 2.75) is 79.1 Å². The fourth-order valence-corrected chi connectivity index (χ4v) is 4.85. The molecule has 0 amide bonds. The summed E-state index contributed by atoms with van der Waals surface area (Å²) in [6.45, 7) is 17.7. The Bertz CT molecular complexity index is 989. The third kappa shape index (κ3) is 4.46. The molecule has 170 valence electrons. The van der Waals surface area contributed by atoms with E-state index in [9.17, 15) is 4.79 Å². The van der Waals surface area contributed by atoms with Gasteiger partial charge < -0.3 is 0 Å². The topological polar surface area (TPSA) is 25.9 Å². The molecule has 0 saturated carbocycles. The van der Waals surface area contributed by atoms with Crippen LogP contribution in [0, 0.1) is 0 Å². The fraction of sp³-hybridized carbons (Fsp3) is 0.429. The molecular formula is C28H38N2OP+. The SMILES string of the molecule is CC(C)c1cccc(C(C)C)c1-n1cc[n+](-c2c(C(C)C)cccc2C(C)C)c1C(=O)P. The van der Waals surface area contributed by atoms with E-state index in [0.717, 1.165) is 11.4 Å². The predicted molar refractivity (Wildman–Crippen MR) is 138 cm³/mol. The van der Waals surface area contributed by atoms with Crippen LogP contribution in [0.4, 0.5) is 0 Å². The molecule has 4 heteroatoms. The highest BCUT2D eigenvalue weighted by molar-refractivity contribution is 7.41. The molecule has 0 bridgehead atoms. The molecule has 1 unspecified atom stereocenters. The molecule has 0 aliphatic rings. The van der Waals surface area contributed by atoms with Crippen molar-refractivity contribution in [1.82, 2.24) is 4.57 Å². The summed E-state index contributed by atoms with van der Waals surface area (Å²) in [5.41, 5.74) is 7.28. The van der Waals surface area contributed by atoms with E-state index < -0.39 is 0 Å². The van der Waals surface area contributed by atoms with E-state index in [4.69, 9.17) is 0 Å². The van der Waals surface area contributed by atoms with Gasteiger partial charge in [0, 0.05) is 22.3 Å². The summed E-state index contributed by atoms with van der Waals surface area (Å²) in [6, 6.07) is 13.0. The fourth-order valence-electron chi connectivity index (χ4n) is 4.57. The third-order valence-electron chi connectivity index (χ3n) is 6.21. The Labute approximate surface area is 196 Å². The highest BCUT2D eigenvalue weighted by atomic mass is 31.0. The van der Waals surface area contributed by atoms with Crippen molar-refractivity contribution in [3.05, 3.63) is 76.9 Å². The minimum Gasteiger partial charge on any atom is -0.281 e. The lowest BCUT2D eigenvalue weighted by Gasteiger charge is -2.19. The monoisotopic (exact) mass is 449 g/mol. The lowest BCUT2D eigenvalue weighted by Crippen LogP contribution is -2.38. The van der Waals surface area contributed by atoms with Crippen LogP contribution in [0.15, 0.2) is 48.8 Å². The van der Waals surface area contributed by atoms with Gasteiger partial charge in [-0.2, -0.15) is 9.13 Å². The van der Waals surface area contributed by atoms with Gasteiger partial charge in [-0.15, -0.1) is 0 Å². The van der Waals surface area contributed by atoms with Crippen molar-refractivity contribution >= 4 is 14.8 Å². The summed E-state index contributed by atoms with van der Waals surface area (Å²) < 4.78 is 4.22. The Hall–Kier alpha value is -2.25. The summed E-state index contributed by atoms with van der Waals surface area (Å²) >= 11 is 0. The van der Waals surface area contributed by atoms with Crippen LogP contribution in [-0.4, -0.2) is 10.1 Å². The summed E-state index contributed by atoms with van der Waals surface area (Å²) in [4.78, 5) is 13.1. The van der Waals surface area contributed by atoms with Crippen LogP contribution < -0.4 is 4.57 Å². The highest BCUT2D eigenvalue weighted by Gasteiger charge is 2.32. The van der Waals surface area contributed by atoms with Crippen LogP contribution >= 0.6 is 9.24 Å². The normalized spacial score (nSPS) is 11.9. The largest absolute Gasteiger partial charge is 0.339 e. The number of carbonyl (C=O) groups excluding carboxylic acids is 1. The molecular weight excluding hydrogens is 411 g/mol. The first-order valence-corrected chi connectivity index (χ1v) is 12.3. The van der Waals surface area contributed by atoms with Gasteiger partial charge in [-0.25, -0.2) is 0 Å². The zero-order valence-electron chi connectivity index (χ0n) is 20.8. The maximum absolute atomic E-state index is 13.1. The Morgan fingerprint density at radius 1 is 0.750 bits per heavy atom. The van der Waals surface area contributed by atoms with Crippen molar-refractivity contribution in [2.75, 3.05) is 0 Å². The number of hydrogen-bond donors (Lipinski definition) is 0. The minimum atomic E-state index is -0.0171. The van der Waals surface area contributed by atoms with E-state index in [1.165, 1.54) is 22.3 Å². The molecule has 1 aromatic heterocycles. The smallest absolute Gasteiger partial charge is 0.281 e. The molecule has 2 aromatic carbocycles. The van der Waals surface area contributed by atoms with Crippen molar-refractivity contribution in [3.8, 4) is 11.4 Å². The predicted octanol–water partition coefficient (Wildman–Crippen LogP) is 7.26. The van der Waals surface area contributed by atoms with Gasteiger partial charge in [0.25, 0.3) is 5.52 Å². The molecule has 0 N–H and O–H groups in total. The quantitative estimate of drug-likeness (QED) is 0.275. The van der Waals surface area contributed by atoms with Crippen molar-refractivity contribution in [3.63, 3.8) is 0 Å². The molecule has 0 radical (unpaired) electrons. The third-order valence-corrected chi connectivity index (χ3v) is 6.47. The van der Waals surface area contributed by atoms with Crippen LogP contribution in [0.25, 0.3) is 11.4 Å². The number of para-hydroxylation sites is 2. The summed E-state index contributed by atoms with van der Waals surface area (Å²) in [5, 5.41) is 0. The molecule has 0 spiro atoms. The molecule has 1 atom stereocenters. The second kappa shape index (κ2) is 9.71. The Kier molecular flexibility index (Phi) is 7.40. The van der Waals surface area contributed by atoms with E-state index in [0.29, 0.717) is 29.5 Å². The van der Waals surface area contributed by atoms with Gasteiger partial charge in [0.2, 0.25) is 0 Å². The van der Waals surface area contributed by atoms with Gasteiger partial charge in [0.15, 0.2) is 0 Å². The minimum absolute atomic E-state index is 0.0171. The molecule has 3 nitrogen and oxygen atoms in total. The van der Waals surface area contributed by atoms with Crippen molar-refractivity contribution in [2.24, 2.45) is 0 Å². The second-order valence-corrected chi connectivity index (χ2v) is 10.4. The zero-order valence-corrected chi connectivity index (χ0v) is 22.0. The number of hydrogen-bond acceptors (Lipinski definition) is 1. The average Bonchev–Trinajstić information content (AvgIpc) is 3.17. The number of imidazole rings is 1. The molecule has 3 aromatic rings. The maximum atomic E-state index is 13.1. The Morgan fingerprint density at radius 3 is 1.53 bits per heavy atom. The van der Waals surface area contributed by atoms with Crippen LogP contribution in [0.5, 0.6) is 0 Å². The number of carbonyl (C=O) groups is 1. The van der Waals surface area contributed by atoms with Crippen molar-refractivity contribution in [1.29, 1.82) is 0 Å². The maximum Gasteiger partial charge on any atom is 0.339 e. The first kappa shape index (κ1) is 24.4. The van der Waals surface area contributed by atoms with E-state index in [-0.39, 0.29) is 5.52 Å². The molecule has 0 fully saturated rings. The number of aromatic nitrogens is 2. The van der Waals surface area contributed by atoms with Crippen LogP contribution in [-0.2, 0) is 0 Å². The van der Waals surface area contributed by atoms with Crippen molar-refractivity contribution < 1.29 is 9.36 Å². The standard InChI is InChI=1S/C28H38N2OP/c1-17(2)21-11-9-12-22(18(3)4)25(21)29-15-16-30(27(29)28(31)32)26-23(19(5)6)13-10-14-24(26)20(7)8/h9-20H,32H2,1-8H3/q+1. The van der Waals surface area contributed by atoms with Gasteiger partial charge in [-0.1, -0.05) is 101 Å². The first-order chi connectivity index (χ1) is 15.1. The molecule has 0 saturated heterocycles. The number of rotatable bonds is 7. The van der Waals surface area contributed by atoms with Gasteiger partial charge >= 0.3 is 5.82 Å². The Morgan fingerprint density at radius 2 is 1.16 bits per heavy atom. The lowest BCUT2D eigenvalue weighted by molar-refractivity contribution is -0.597. The van der Waals surface area contributed by atoms with E-state index in [1.54, 1.807) is 0 Å². The number of nitrogens with zero attached hydrogens (tertiary/aromatic N) is 2. The van der Waals surface area contributed by atoms with E-state index >= 15 is 0 Å². The molecule has 0 aliphatic carbocycles.